The van der Waals surface area contributed by atoms with Crippen LogP contribution >= 0.6 is 0 Å². The standard InChI is InChI=1S/C17H29N3/c1-14(20-11-5-6-12-20)13-18-15(2)16-7-9-17(10-8-16)19(3)4/h7-10,14-15,18H,5-6,11-13H2,1-4H3. The SMILES string of the molecule is CC(NCC(C)N1CCCC1)c1ccc(N(C)C)cc1. The molecule has 1 saturated heterocycles. The summed E-state index contributed by atoms with van der Waals surface area (Å²) in [7, 11) is 4.16. The molecule has 1 aliphatic rings. The number of hydrogen-bond donors (Lipinski definition) is 1. The molecular weight excluding hydrogens is 246 g/mol. The fourth-order valence-corrected chi connectivity index (χ4v) is 2.84. The molecule has 3 nitrogen and oxygen atoms in total. The van der Waals surface area contributed by atoms with Gasteiger partial charge in [-0.05, 0) is 57.5 Å². The minimum absolute atomic E-state index is 0.413. The van der Waals surface area contributed by atoms with Gasteiger partial charge in [0.2, 0.25) is 0 Å². The number of rotatable bonds is 6. The molecule has 1 heterocycles. The van der Waals surface area contributed by atoms with E-state index in [1.54, 1.807) is 0 Å². The van der Waals surface area contributed by atoms with Crippen molar-refractivity contribution >= 4 is 5.69 Å². The van der Waals surface area contributed by atoms with Gasteiger partial charge in [0, 0.05) is 38.4 Å². The van der Waals surface area contributed by atoms with E-state index >= 15 is 0 Å². The van der Waals surface area contributed by atoms with E-state index in [1.807, 2.05) is 0 Å². The van der Waals surface area contributed by atoms with Crippen molar-refractivity contribution in [3.63, 3.8) is 0 Å². The third-order valence-corrected chi connectivity index (χ3v) is 4.39. The highest BCUT2D eigenvalue weighted by atomic mass is 15.2. The zero-order chi connectivity index (χ0) is 14.5. The molecule has 2 rings (SSSR count). The summed E-state index contributed by atoms with van der Waals surface area (Å²) in [5.41, 5.74) is 2.62. The molecule has 1 aromatic carbocycles. The summed E-state index contributed by atoms with van der Waals surface area (Å²) in [6, 6.07) is 9.90. The third kappa shape index (κ3) is 3.97. The van der Waals surface area contributed by atoms with Crippen molar-refractivity contribution in [2.75, 3.05) is 38.6 Å². The van der Waals surface area contributed by atoms with Gasteiger partial charge in [-0.1, -0.05) is 12.1 Å². The predicted molar refractivity (Wildman–Crippen MR) is 87.5 cm³/mol. The Bertz CT molecular complexity index is 393. The van der Waals surface area contributed by atoms with Crippen LogP contribution in [0.25, 0.3) is 0 Å². The molecule has 1 aromatic rings. The van der Waals surface area contributed by atoms with Crippen molar-refractivity contribution in [1.29, 1.82) is 0 Å². The van der Waals surface area contributed by atoms with Gasteiger partial charge in [-0.15, -0.1) is 0 Å². The molecule has 0 radical (unpaired) electrons. The van der Waals surface area contributed by atoms with E-state index in [0.29, 0.717) is 12.1 Å². The number of nitrogens with zero attached hydrogens (tertiary/aromatic N) is 2. The maximum Gasteiger partial charge on any atom is 0.0361 e. The van der Waals surface area contributed by atoms with E-state index in [-0.39, 0.29) is 0 Å². The largest absolute Gasteiger partial charge is 0.378 e. The van der Waals surface area contributed by atoms with E-state index < -0.39 is 0 Å². The molecule has 0 bridgehead atoms. The highest BCUT2D eigenvalue weighted by Gasteiger charge is 2.18. The predicted octanol–water partition coefficient (Wildman–Crippen LogP) is 2.89. The first-order valence-corrected chi connectivity index (χ1v) is 7.82. The molecule has 20 heavy (non-hydrogen) atoms. The topological polar surface area (TPSA) is 18.5 Å². The minimum Gasteiger partial charge on any atom is -0.378 e. The third-order valence-electron chi connectivity index (χ3n) is 4.39. The van der Waals surface area contributed by atoms with Crippen LogP contribution in [-0.4, -0.2) is 44.7 Å². The van der Waals surface area contributed by atoms with Crippen LogP contribution < -0.4 is 10.2 Å². The van der Waals surface area contributed by atoms with Crippen LogP contribution in [0.3, 0.4) is 0 Å². The summed E-state index contributed by atoms with van der Waals surface area (Å²) >= 11 is 0. The zero-order valence-corrected chi connectivity index (χ0v) is 13.4. The second-order valence-corrected chi connectivity index (χ2v) is 6.21. The first-order chi connectivity index (χ1) is 9.58. The lowest BCUT2D eigenvalue weighted by molar-refractivity contribution is 0.247. The first-order valence-electron chi connectivity index (χ1n) is 7.82. The number of anilines is 1. The molecule has 0 aliphatic carbocycles. The van der Waals surface area contributed by atoms with Gasteiger partial charge in [0.1, 0.15) is 0 Å². The van der Waals surface area contributed by atoms with E-state index in [9.17, 15) is 0 Å². The first kappa shape index (κ1) is 15.3. The Morgan fingerprint density at radius 3 is 2.25 bits per heavy atom. The molecule has 1 aliphatic heterocycles. The highest BCUT2D eigenvalue weighted by molar-refractivity contribution is 5.46. The van der Waals surface area contributed by atoms with Crippen molar-refractivity contribution in [3.05, 3.63) is 29.8 Å². The van der Waals surface area contributed by atoms with Crippen LogP contribution in [-0.2, 0) is 0 Å². The summed E-state index contributed by atoms with van der Waals surface area (Å²) in [5, 5.41) is 3.67. The zero-order valence-electron chi connectivity index (χ0n) is 13.4. The molecule has 0 spiro atoms. The molecule has 2 unspecified atom stereocenters. The fourth-order valence-electron chi connectivity index (χ4n) is 2.84. The van der Waals surface area contributed by atoms with Crippen LogP contribution in [0.2, 0.25) is 0 Å². The van der Waals surface area contributed by atoms with Crippen LogP contribution in [0.5, 0.6) is 0 Å². The molecule has 0 amide bonds. The summed E-state index contributed by atoms with van der Waals surface area (Å²) < 4.78 is 0. The monoisotopic (exact) mass is 275 g/mol. The molecule has 112 valence electrons. The highest BCUT2D eigenvalue weighted by Crippen LogP contribution is 2.18. The quantitative estimate of drug-likeness (QED) is 0.861. The summed E-state index contributed by atoms with van der Waals surface area (Å²) in [4.78, 5) is 4.73. The van der Waals surface area contributed by atoms with Gasteiger partial charge in [-0.25, -0.2) is 0 Å². The summed E-state index contributed by atoms with van der Waals surface area (Å²) in [5.74, 6) is 0. The van der Waals surface area contributed by atoms with Gasteiger partial charge < -0.3 is 10.2 Å². The molecular formula is C17H29N3. The summed E-state index contributed by atoms with van der Waals surface area (Å²) in [6.45, 7) is 8.20. The van der Waals surface area contributed by atoms with E-state index in [0.717, 1.165) is 6.54 Å². The second-order valence-electron chi connectivity index (χ2n) is 6.21. The Morgan fingerprint density at radius 2 is 1.70 bits per heavy atom. The number of benzene rings is 1. The van der Waals surface area contributed by atoms with Gasteiger partial charge >= 0.3 is 0 Å². The lowest BCUT2D eigenvalue weighted by Gasteiger charge is -2.26. The van der Waals surface area contributed by atoms with Gasteiger partial charge in [0.25, 0.3) is 0 Å². The number of likely N-dealkylation sites (tertiary alicyclic amines) is 1. The van der Waals surface area contributed by atoms with E-state index in [4.69, 9.17) is 0 Å². The van der Waals surface area contributed by atoms with Crippen LogP contribution in [0.4, 0.5) is 5.69 Å². The average Bonchev–Trinajstić information content (AvgIpc) is 2.98. The normalized spacial score (nSPS) is 19.0. The Labute approximate surface area is 124 Å². The van der Waals surface area contributed by atoms with Crippen molar-refractivity contribution in [3.8, 4) is 0 Å². The molecule has 1 N–H and O–H groups in total. The lowest BCUT2D eigenvalue weighted by Crippen LogP contribution is -2.39. The number of hydrogen-bond acceptors (Lipinski definition) is 3. The maximum absolute atomic E-state index is 3.67. The van der Waals surface area contributed by atoms with Crippen LogP contribution in [0.1, 0.15) is 38.3 Å². The van der Waals surface area contributed by atoms with Crippen molar-refractivity contribution < 1.29 is 0 Å². The average molecular weight is 275 g/mol. The Hall–Kier alpha value is -1.06. The van der Waals surface area contributed by atoms with Gasteiger partial charge in [-0.3, -0.25) is 4.90 Å². The summed E-state index contributed by atoms with van der Waals surface area (Å²) in [6.07, 6.45) is 2.73. The van der Waals surface area contributed by atoms with Crippen LogP contribution in [0.15, 0.2) is 24.3 Å². The Balaban J connectivity index is 1.83. The molecule has 1 fully saturated rings. The maximum atomic E-state index is 3.67. The molecule has 0 saturated carbocycles. The van der Waals surface area contributed by atoms with E-state index in [1.165, 1.54) is 37.2 Å². The van der Waals surface area contributed by atoms with Crippen molar-refractivity contribution in [2.45, 2.75) is 38.8 Å². The Kier molecular flexibility index (Phi) is 5.44. The van der Waals surface area contributed by atoms with E-state index in [2.05, 4.69) is 67.3 Å². The second kappa shape index (κ2) is 7.09. The van der Waals surface area contributed by atoms with Gasteiger partial charge in [-0.2, -0.15) is 0 Å². The smallest absolute Gasteiger partial charge is 0.0361 e. The number of nitrogens with one attached hydrogen (secondary N) is 1. The molecule has 3 heteroatoms. The lowest BCUT2D eigenvalue weighted by atomic mass is 10.1. The van der Waals surface area contributed by atoms with Gasteiger partial charge in [0.15, 0.2) is 0 Å². The minimum atomic E-state index is 0.413. The van der Waals surface area contributed by atoms with Crippen molar-refractivity contribution in [2.24, 2.45) is 0 Å². The fraction of sp³-hybridized carbons (Fsp3) is 0.647. The molecule has 2 atom stereocenters. The van der Waals surface area contributed by atoms with Crippen molar-refractivity contribution in [1.82, 2.24) is 10.2 Å². The van der Waals surface area contributed by atoms with Gasteiger partial charge in [0.05, 0.1) is 0 Å². The van der Waals surface area contributed by atoms with Crippen LogP contribution in [0, 0.1) is 0 Å². The molecule has 0 aromatic heterocycles. The Morgan fingerprint density at radius 1 is 1.10 bits per heavy atom.